The van der Waals surface area contributed by atoms with E-state index in [9.17, 15) is 0 Å². The fraction of sp³-hybridized carbons (Fsp3) is 1.00. The maximum absolute atomic E-state index is 3.90. The second kappa shape index (κ2) is 1.36. The van der Waals surface area contributed by atoms with E-state index in [1.807, 2.05) is 0 Å². The summed E-state index contributed by atoms with van der Waals surface area (Å²) in [5, 5.41) is 0. The molecule has 0 heterocycles. The molecule has 0 spiro atoms. The van der Waals surface area contributed by atoms with Crippen molar-refractivity contribution in [2.75, 3.05) is 0 Å². The van der Waals surface area contributed by atoms with Gasteiger partial charge in [-0.2, -0.15) is 0 Å². The smallest absolute Gasteiger partial charge is 0.0697 e. The summed E-state index contributed by atoms with van der Waals surface area (Å²) >= 11 is 23.4. The summed E-state index contributed by atoms with van der Waals surface area (Å²) < 4.78 is 2.17. The Kier molecular flexibility index (Phi) is 0.863. The van der Waals surface area contributed by atoms with Crippen LogP contribution in [0.1, 0.15) is 0 Å². The van der Waals surface area contributed by atoms with Crippen molar-refractivity contribution in [3.05, 3.63) is 0 Å². The summed E-state index contributed by atoms with van der Waals surface area (Å²) in [4.78, 5) is 0. The monoisotopic (exact) mass is 570 g/mol. The molecular formula is C8Br6. The Morgan fingerprint density at radius 3 is 0.571 bits per heavy atom. The van der Waals surface area contributed by atoms with E-state index in [2.05, 4.69) is 95.6 Å². The first-order valence-corrected chi connectivity index (χ1v) is 9.14. The zero-order chi connectivity index (χ0) is 10.0. The molecule has 14 heavy (non-hydrogen) atoms. The number of hydrogen-bond acceptors (Lipinski definition) is 0. The van der Waals surface area contributed by atoms with Crippen molar-refractivity contribution in [2.24, 2.45) is 10.8 Å². The van der Waals surface area contributed by atoms with Crippen LogP contribution in [0.4, 0.5) is 0 Å². The summed E-state index contributed by atoms with van der Waals surface area (Å²) in [5.41, 5.74) is 0.938. The molecule has 0 aliphatic heterocycles. The van der Waals surface area contributed by atoms with E-state index in [1.165, 1.54) is 0 Å². The van der Waals surface area contributed by atoms with E-state index in [-0.39, 0.29) is 0 Å². The lowest BCUT2D eigenvalue weighted by molar-refractivity contribution is 0.672. The third-order valence-corrected chi connectivity index (χ3v) is 19.9. The average molecular weight is 576 g/mol. The molecule has 0 aromatic heterocycles. The molecule has 0 radical (unpaired) electrons. The molecule has 74 valence electrons. The van der Waals surface area contributed by atoms with Crippen LogP contribution in [0.3, 0.4) is 0 Å². The fourth-order valence-electron chi connectivity index (χ4n) is 5.01. The highest BCUT2D eigenvalue weighted by atomic mass is 79.9. The maximum atomic E-state index is 3.90. The van der Waals surface area contributed by atoms with Gasteiger partial charge in [0, 0.05) is 10.8 Å². The van der Waals surface area contributed by atoms with Gasteiger partial charge in [0.1, 0.15) is 0 Å². The van der Waals surface area contributed by atoms with Crippen molar-refractivity contribution in [1.82, 2.24) is 0 Å². The molecule has 0 aromatic rings. The summed E-state index contributed by atoms with van der Waals surface area (Å²) in [7, 11) is 0. The van der Waals surface area contributed by atoms with Crippen molar-refractivity contribution >= 4 is 95.6 Å². The molecule has 0 nitrogen and oxygen atoms in total. The second-order valence-electron chi connectivity index (χ2n) is 5.45. The third kappa shape index (κ3) is 0.266. The fourth-order valence-corrected chi connectivity index (χ4v) is 18.9. The average Bonchev–Trinajstić information content (AvgIpc) is 3.09. The minimum Gasteiger partial charge on any atom is -0.0814 e. The summed E-state index contributed by atoms with van der Waals surface area (Å²) in [6.07, 6.45) is 0. The molecule has 0 bridgehead atoms. The van der Waals surface area contributed by atoms with Gasteiger partial charge in [-0.05, 0) is 0 Å². The largest absolute Gasteiger partial charge is 0.0814 e. The van der Waals surface area contributed by atoms with E-state index in [0.29, 0.717) is 36.8 Å². The molecule has 0 N–H and O–H groups in total. The highest BCUT2D eigenvalue weighted by Crippen LogP contribution is 3.43. The van der Waals surface area contributed by atoms with E-state index in [4.69, 9.17) is 0 Å². The van der Waals surface area contributed by atoms with Gasteiger partial charge in [-0.3, -0.25) is 0 Å². The highest BCUT2D eigenvalue weighted by Gasteiger charge is 3.55. The minimum atomic E-state index is 0.362. The van der Waals surface area contributed by atoms with Crippen LogP contribution in [-0.2, 0) is 0 Å². The van der Waals surface area contributed by atoms with Gasteiger partial charge in [0.05, 0.1) is 25.9 Å². The van der Waals surface area contributed by atoms with Gasteiger partial charge in [0.25, 0.3) is 0 Å². The molecule has 8 rings (SSSR count). The van der Waals surface area contributed by atoms with Crippen LogP contribution in [0, 0.1) is 10.8 Å². The normalized spacial score (nSPS) is 111. The van der Waals surface area contributed by atoms with Gasteiger partial charge < -0.3 is 0 Å². The Labute approximate surface area is 130 Å². The second-order valence-corrected chi connectivity index (χ2v) is 12.6. The molecule has 8 saturated carbocycles. The van der Waals surface area contributed by atoms with Gasteiger partial charge in [-0.25, -0.2) is 0 Å². The number of rotatable bonds is 1. The van der Waals surface area contributed by atoms with Gasteiger partial charge in [0.15, 0.2) is 0 Å². The molecule has 0 amide bonds. The summed E-state index contributed by atoms with van der Waals surface area (Å²) in [5.74, 6) is 0. The summed E-state index contributed by atoms with van der Waals surface area (Å²) in [6, 6.07) is 0. The number of hydrogen-bond donors (Lipinski definition) is 0. The van der Waals surface area contributed by atoms with Crippen molar-refractivity contribution in [2.45, 2.75) is 25.9 Å². The molecule has 0 unspecified atom stereocenters. The first kappa shape index (κ1) is 8.89. The zero-order valence-electron chi connectivity index (χ0n) is 6.27. The van der Waals surface area contributed by atoms with Gasteiger partial charge in [-0.1, -0.05) is 95.6 Å². The highest BCUT2D eigenvalue weighted by molar-refractivity contribution is 9.19. The van der Waals surface area contributed by atoms with Crippen molar-refractivity contribution in [3.63, 3.8) is 0 Å². The quantitative estimate of drug-likeness (QED) is 0.417. The topological polar surface area (TPSA) is 0 Å². The summed E-state index contributed by atoms with van der Waals surface area (Å²) in [6.45, 7) is 0. The lowest BCUT2D eigenvalue weighted by Crippen LogP contribution is -1.90. The van der Waals surface area contributed by atoms with Crippen molar-refractivity contribution in [3.8, 4) is 0 Å². The predicted octanol–water partition coefficient (Wildman–Crippen LogP) is 3.84. The SMILES string of the molecule is BrC12C3(Br)C1(Br)C23C12C3(Br)C1(Br)C32Br. The van der Waals surface area contributed by atoms with Crippen molar-refractivity contribution in [1.29, 1.82) is 0 Å². The maximum Gasteiger partial charge on any atom is 0.0697 e. The van der Waals surface area contributed by atoms with Gasteiger partial charge in [-0.15, -0.1) is 0 Å². The zero-order valence-corrected chi connectivity index (χ0v) is 15.8. The van der Waals surface area contributed by atoms with Crippen LogP contribution >= 0.6 is 95.6 Å². The van der Waals surface area contributed by atoms with E-state index in [1.54, 1.807) is 0 Å². The molecule has 6 heteroatoms. The number of halogens is 6. The Bertz CT molecular complexity index is 402. The molecule has 8 fully saturated rings. The molecule has 0 saturated heterocycles. The third-order valence-electron chi connectivity index (χ3n) is 6.01. The molecular weight excluding hydrogens is 576 g/mol. The first-order chi connectivity index (χ1) is 6.25. The van der Waals surface area contributed by atoms with Crippen LogP contribution in [0.15, 0.2) is 0 Å². The van der Waals surface area contributed by atoms with Gasteiger partial charge >= 0.3 is 0 Å². The van der Waals surface area contributed by atoms with E-state index in [0.717, 1.165) is 0 Å². The Morgan fingerprint density at radius 1 is 0.357 bits per heavy atom. The van der Waals surface area contributed by atoms with Crippen LogP contribution in [0.25, 0.3) is 0 Å². The first-order valence-electron chi connectivity index (χ1n) is 4.38. The molecule has 0 aromatic carbocycles. The predicted molar refractivity (Wildman–Crippen MR) is 74.8 cm³/mol. The Morgan fingerprint density at radius 2 is 0.500 bits per heavy atom. The standard InChI is InChI=1S/C8Br6/c9-3-1(4(3,10)5(1,3)11)2-6(12)7(2,13)8(2,6)14. The van der Waals surface area contributed by atoms with E-state index >= 15 is 0 Å². The lowest BCUT2D eigenvalue weighted by atomic mass is 10.2. The lowest BCUT2D eigenvalue weighted by Gasteiger charge is -1.86. The van der Waals surface area contributed by atoms with Crippen LogP contribution in [0.2, 0.25) is 0 Å². The van der Waals surface area contributed by atoms with E-state index < -0.39 is 0 Å². The Balaban J connectivity index is 1.66. The molecule has 8 aliphatic carbocycles. The molecule has 0 atom stereocenters. The Hall–Kier alpha value is 2.88. The minimum absolute atomic E-state index is 0.362. The van der Waals surface area contributed by atoms with Crippen LogP contribution in [-0.4, -0.2) is 25.9 Å². The van der Waals surface area contributed by atoms with Crippen molar-refractivity contribution < 1.29 is 0 Å². The van der Waals surface area contributed by atoms with Crippen LogP contribution in [0.5, 0.6) is 0 Å². The number of alkyl halides is 6. The van der Waals surface area contributed by atoms with Crippen LogP contribution < -0.4 is 0 Å². The van der Waals surface area contributed by atoms with Gasteiger partial charge in [0.2, 0.25) is 0 Å². The molecule has 8 aliphatic rings.